The molecule has 0 aliphatic heterocycles. The van der Waals surface area contributed by atoms with E-state index in [0.29, 0.717) is 11.3 Å². The van der Waals surface area contributed by atoms with Crippen molar-refractivity contribution in [3.05, 3.63) is 29.8 Å². The van der Waals surface area contributed by atoms with E-state index in [1.54, 1.807) is 45.9 Å². The van der Waals surface area contributed by atoms with Gasteiger partial charge in [-0.2, -0.15) is 0 Å². The Bertz CT molecular complexity index is 487. The van der Waals surface area contributed by atoms with Crippen LogP contribution in [0.25, 0.3) is 0 Å². The van der Waals surface area contributed by atoms with E-state index in [1.165, 1.54) is 13.2 Å². The summed E-state index contributed by atoms with van der Waals surface area (Å²) in [4.78, 5) is 23.2. The molecule has 5 heteroatoms. The lowest BCUT2D eigenvalue weighted by Gasteiger charge is -2.22. The Labute approximate surface area is 118 Å². The Morgan fingerprint density at radius 3 is 2.40 bits per heavy atom. The molecule has 5 nitrogen and oxygen atoms in total. The quantitative estimate of drug-likeness (QED) is 0.793. The van der Waals surface area contributed by atoms with Gasteiger partial charge in [-0.1, -0.05) is 6.07 Å². The molecule has 0 spiro atoms. The summed E-state index contributed by atoms with van der Waals surface area (Å²) in [5, 5.41) is 0. The number of carbonyl (C=O) groups is 2. The fourth-order valence-electron chi connectivity index (χ4n) is 1.45. The summed E-state index contributed by atoms with van der Waals surface area (Å²) in [5.41, 5.74) is -0.204. The molecule has 0 amide bonds. The Morgan fingerprint density at radius 2 is 1.85 bits per heavy atom. The molecule has 0 aliphatic carbocycles. The monoisotopic (exact) mass is 280 g/mol. The molecule has 0 fully saturated rings. The summed E-state index contributed by atoms with van der Waals surface area (Å²) in [7, 11) is 1.30. The molecule has 0 aromatic heterocycles. The van der Waals surface area contributed by atoms with Gasteiger partial charge >= 0.3 is 11.9 Å². The summed E-state index contributed by atoms with van der Waals surface area (Å²) < 4.78 is 15.3. The van der Waals surface area contributed by atoms with Crippen molar-refractivity contribution in [1.29, 1.82) is 0 Å². The topological polar surface area (TPSA) is 61.8 Å². The maximum absolute atomic E-state index is 11.8. The van der Waals surface area contributed by atoms with E-state index in [1.807, 2.05) is 0 Å². The van der Waals surface area contributed by atoms with E-state index >= 15 is 0 Å². The lowest BCUT2D eigenvalue weighted by atomic mass is 10.2. The van der Waals surface area contributed by atoms with Crippen molar-refractivity contribution in [3.8, 4) is 5.75 Å². The normalized spacial score (nSPS) is 12.4. The average molecular weight is 280 g/mol. The molecule has 1 aromatic carbocycles. The second-order valence-corrected chi connectivity index (χ2v) is 5.31. The van der Waals surface area contributed by atoms with Crippen LogP contribution in [0.2, 0.25) is 0 Å². The first kappa shape index (κ1) is 16.0. The van der Waals surface area contributed by atoms with Crippen molar-refractivity contribution >= 4 is 11.9 Å². The lowest BCUT2D eigenvalue weighted by molar-refractivity contribution is -0.162. The van der Waals surface area contributed by atoms with Gasteiger partial charge in [-0.25, -0.2) is 9.59 Å². The Hall–Kier alpha value is -2.04. The third kappa shape index (κ3) is 4.91. The first-order valence-electron chi connectivity index (χ1n) is 6.31. The third-order valence-electron chi connectivity index (χ3n) is 2.31. The maximum Gasteiger partial charge on any atom is 0.347 e. The fraction of sp³-hybridized carbons (Fsp3) is 0.467. The number of hydrogen-bond donors (Lipinski definition) is 0. The van der Waals surface area contributed by atoms with Gasteiger partial charge in [0.2, 0.25) is 0 Å². The molecule has 0 aliphatic rings. The maximum atomic E-state index is 11.8. The summed E-state index contributed by atoms with van der Waals surface area (Å²) in [6.07, 6.45) is -0.762. The molecule has 20 heavy (non-hydrogen) atoms. The minimum absolute atomic E-state index is 0.362. The zero-order valence-electron chi connectivity index (χ0n) is 12.4. The van der Waals surface area contributed by atoms with Gasteiger partial charge in [0.15, 0.2) is 6.10 Å². The smallest absolute Gasteiger partial charge is 0.347 e. The van der Waals surface area contributed by atoms with Crippen molar-refractivity contribution in [2.75, 3.05) is 7.11 Å². The first-order chi connectivity index (χ1) is 9.23. The molecule has 0 saturated heterocycles. The number of benzene rings is 1. The Balaban J connectivity index is 2.73. The number of hydrogen-bond acceptors (Lipinski definition) is 5. The molecule has 0 saturated carbocycles. The van der Waals surface area contributed by atoms with Crippen molar-refractivity contribution < 1.29 is 23.8 Å². The number of rotatable bonds is 4. The van der Waals surface area contributed by atoms with Crippen molar-refractivity contribution in [3.63, 3.8) is 0 Å². The molecule has 0 N–H and O–H groups in total. The van der Waals surface area contributed by atoms with E-state index < -0.39 is 23.6 Å². The highest BCUT2D eigenvalue weighted by atomic mass is 16.6. The lowest BCUT2D eigenvalue weighted by Crippen LogP contribution is -2.33. The van der Waals surface area contributed by atoms with Crippen LogP contribution in [0.3, 0.4) is 0 Å². The van der Waals surface area contributed by atoms with Crippen LogP contribution in [0.4, 0.5) is 0 Å². The summed E-state index contributed by atoms with van der Waals surface area (Å²) in [5.74, 6) is -0.507. The molecule has 110 valence electrons. The number of methoxy groups -OCH3 is 1. The minimum Gasteiger partial charge on any atom is -0.479 e. The molecular weight excluding hydrogens is 260 g/mol. The van der Waals surface area contributed by atoms with Crippen LogP contribution in [0, 0.1) is 0 Å². The van der Waals surface area contributed by atoms with Crippen LogP contribution in [0.15, 0.2) is 24.3 Å². The van der Waals surface area contributed by atoms with Crippen LogP contribution >= 0.6 is 0 Å². The molecule has 1 atom stereocenters. The van der Waals surface area contributed by atoms with E-state index in [4.69, 9.17) is 9.47 Å². The van der Waals surface area contributed by atoms with Gasteiger partial charge in [-0.3, -0.25) is 0 Å². The second-order valence-electron chi connectivity index (χ2n) is 5.31. The third-order valence-corrected chi connectivity index (χ3v) is 2.31. The molecule has 0 bridgehead atoms. The van der Waals surface area contributed by atoms with Gasteiger partial charge in [0.05, 0.1) is 12.7 Å². The van der Waals surface area contributed by atoms with E-state index in [2.05, 4.69) is 4.74 Å². The highest BCUT2D eigenvalue weighted by Gasteiger charge is 2.23. The van der Waals surface area contributed by atoms with Gasteiger partial charge < -0.3 is 14.2 Å². The largest absolute Gasteiger partial charge is 0.479 e. The number of carbonyl (C=O) groups excluding carboxylic acids is 2. The van der Waals surface area contributed by atoms with Gasteiger partial charge in [0.25, 0.3) is 0 Å². The summed E-state index contributed by atoms with van der Waals surface area (Å²) in [6.45, 7) is 6.96. The Kier molecular flexibility index (Phi) is 5.13. The predicted molar refractivity (Wildman–Crippen MR) is 73.7 cm³/mol. The highest BCUT2D eigenvalue weighted by molar-refractivity contribution is 5.89. The van der Waals surface area contributed by atoms with Gasteiger partial charge in [0.1, 0.15) is 11.4 Å². The molecule has 0 heterocycles. The Morgan fingerprint density at radius 1 is 1.20 bits per heavy atom. The van der Waals surface area contributed by atoms with Gasteiger partial charge in [0, 0.05) is 0 Å². The van der Waals surface area contributed by atoms with Crippen LogP contribution in [0.1, 0.15) is 38.1 Å². The first-order valence-corrected chi connectivity index (χ1v) is 6.31. The van der Waals surface area contributed by atoms with Crippen molar-refractivity contribution in [2.45, 2.75) is 39.4 Å². The SMILES string of the molecule is COC(=O)c1cccc(OC(C)C(=O)OC(C)(C)C)c1. The van der Waals surface area contributed by atoms with Gasteiger partial charge in [-0.05, 0) is 45.9 Å². The zero-order chi connectivity index (χ0) is 15.3. The predicted octanol–water partition coefficient (Wildman–Crippen LogP) is 2.58. The molecular formula is C15H20O5. The van der Waals surface area contributed by atoms with Gasteiger partial charge in [-0.15, -0.1) is 0 Å². The molecule has 1 unspecified atom stereocenters. The van der Waals surface area contributed by atoms with Crippen LogP contribution in [0.5, 0.6) is 5.75 Å². The van der Waals surface area contributed by atoms with Crippen molar-refractivity contribution in [1.82, 2.24) is 0 Å². The fourth-order valence-corrected chi connectivity index (χ4v) is 1.45. The van der Waals surface area contributed by atoms with E-state index in [9.17, 15) is 9.59 Å². The molecule has 0 radical (unpaired) electrons. The summed E-state index contributed by atoms with van der Waals surface area (Å²) in [6, 6.07) is 6.44. The van der Waals surface area contributed by atoms with Crippen LogP contribution in [-0.4, -0.2) is 30.8 Å². The van der Waals surface area contributed by atoms with Crippen molar-refractivity contribution in [2.24, 2.45) is 0 Å². The standard InChI is InChI=1S/C15H20O5/c1-10(13(16)20-15(2,3)4)19-12-8-6-7-11(9-12)14(17)18-5/h6-10H,1-5H3. The zero-order valence-corrected chi connectivity index (χ0v) is 12.4. The average Bonchev–Trinajstić information content (AvgIpc) is 2.36. The second kappa shape index (κ2) is 6.41. The van der Waals surface area contributed by atoms with Crippen LogP contribution < -0.4 is 4.74 Å². The van der Waals surface area contributed by atoms with E-state index in [-0.39, 0.29) is 0 Å². The number of esters is 2. The molecule has 1 aromatic rings. The van der Waals surface area contributed by atoms with Crippen LogP contribution in [-0.2, 0) is 14.3 Å². The molecule has 1 rings (SSSR count). The van der Waals surface area contributed by atoms with E-state index in [0.717, 1.165) is 0 Å². The summed E-state index contributed by atoms with van der Waals surface area (Å²) >= 11 is 0. The number of ether oxygens (including phenoxy) is 3. The highest BCUT2D eigenvalue weighted by Crippen LogP contribution is 2.17. The minimum atomic E-state index is -0.762.